The van der Waals surface area contributed by atoms with E-state index >= 15 is 0 Å². The third kappa shape index (κ3) is 3.32. The van der Waals surface area contributed by atoms with Gasteiger partial charge in [0.2, 0.25) is 5.91 Å². The van der Waals surface area contributed by atoms with Crippen molar-refractivity contribution >= 4 is 16.7 Å². The standard InChI is InChI=1S/C18H16FN3O2/c1-12-6-7-13(8-16(12)19)9-20-17(23)11-22-18(24)15-5-3-2-4-14(15)10-21-22/h2-8,10H,9,11H2,1H3,(H,20,23). The van der Waals surface area contributed by atoms with Crippen molar-refractivity contribution in [2.45, 2.75) is 20.0 Å². The number of carbonyl (C=O) groups is 1. The molecule has 0 saturated carbocycles. The number of hydrogen-bond acceptors (Lipinski definition) is 3. The molecule has 1 aromatic heterocycles. The third-order valence-corrected chi connectivity index (χ3v) is 3.78. The predicted molar refractivity (Wildman–Crippen MR) is 89.0 cm³/mol. The molecular formula is C18H16FN3O2. The average molecular weight is 325 g/mol. The summed E-state index contributed by atoms with van der Waals surface area (Å²) in [6.45, 7) is 1.69. The van der Waals surface area contributed by atoms with E-state index < -0.39 is 0 Å². The van der Waals surface area contributed by atoms with Crippen molar-refractivity contribution < 1.29 is 9.18 Å². The van der Waals surface area contributed by atoms with Crippen molar-refractivity contribution in [3.05, 3.63) is 76.0 Å². The second-order valence-electron chi connectivity index (χ2n) is 5.55. The van der Waals surface area contributed by atoms with Gasteiger partial charge in [0.05, 0.1) is 11.6 Å². The summed E-state index contributed by atoms with van der Waals surface area (Å²) < 4.78 is 14.6. The Morgan fingerprint density at radius 3 is 2.83 bits per heavy atom. The van der Waals surface area contributed by atoms with E-state index in [-0.39, 0.29) is 30.4 Å². The normalized spacial score (nSPS) is 10.8. The second kappa shape index (κ2) is 6.62. The fourth-order valence-corrected chi connectivity index (χ4v) is 2.38. The minimum atomic E-state index is -0.360. The minimum Gasteiger partial charge on any atom is -0.350 e. The van der Waals surface area contributed by atoms with E-state index in [2.05, 4.69) is 10.4 Å². The van der Waals surface area contributed by atoms with Gasteiger partial charge in [0, 0.05) is 11.9 Å². The average Bonchev–Trinajstić information content (AvgIpc) is 2.59. The maximum Gasteiger partial charge on any atom is 0.275 e. The van der Waals surface area contributed by atoms with E-state index in [1.165, 1.54) is 6.07 Å². The second-order valence-corrected chi connectivity index (χ2v) is 5.55. The van der Waals surface area contributed by atoms with Gasteiger partial charge < -0.3 is 5.32 Å². The number of amides is 1. The molecule has 0 unspecified atom stereocenters. The van der Waals surface area contributed by atoms with Gasteiger partial charge in [-0.25, -0.2) is 9.07 Å². The Hall–Kier alpha value is -3.02. The van der Waals surface area contributed by atoms with E-state index in [9.17, 15) is 14.0 Å². The van der Waals surface area contributed by atoms with Gasteiger partial charge in [0.25, 0.3) is 5.56 Å². The number of nitrogens with one attached hydrogen (secondary N) is 1. The van der Waals surface area contributed by atoms with Crippen molar-refractivity contribution in [1.82, 2.24) is 15.1 Å². The Balaban J connectivity index is 1.70. The van der Waals surface area contributed by atoms with Crippen molar-refractivity contribution in [1.29, 1.82) is 0 Å². The molecule has 1 heterocycles. The summed E-state index contributed by atoms with van der Waals surface area (Å²) in [4.78, 5) is 24.3. The lowest BCUT2D eigenvalue weighted by molar-refractivity contribution is -0.122. The molecule has 3 rings (SSSR count). The first-order valence-corrected chi connectivity index (χ1v) is 7.51. The molecule has 0 aliphatic heterocycles. The number of hydrogen-bond donors (Lipinski definition) is 1. The molecular weight excluding hydrogens is 309 g/mol. The van der Waals surface area contributed by atoms with Crippen LogP contribution in [0.3, 0.4) is 0 Å². The third-order valence-electron chi connectivity index (χ3n) is 3.78. The summed E-state index contributed by atoms with van der Waals surface area (Å²) in [5.41, 5.74) is 0.895. The van der Waals surface area contributed by atoms with Crippen LogP contribution < -0.4 is 10.9 Å². The Morgan fingerprint density at radius 1 is 1.25 bits per heavy atom. The number of aromatic nitrogens is 2. The number of carbonyl (C=O) groups excluding carboxylic acids is 1. The lowest BCUT2D eigenvalue weighted by Crippen LogP contribution is -2.33. The maximum absolute atomic E-state index is 13.5. The molecule has 0 aliphatic carbocycles. The molecule has 0 atom stereocenters. The van der Waals surface area contributed by atoms with Crippen LogP contribution >= 0.6 is 0 Å². The van der Waals surface area contributed by atoms with Crippen LogP contribution in [-0.4, -0.2) is 15.7 Å². The number of rotatable bonds is 4. The van der Waals surface area contributed by atoms with Crippen molar-refractivity contribution in [2.75, 3.05) is 0 Å². The lowest BCUT2D eigenvalue weighted by Gasteiger charge is -2.08. The molecule has 3 aromatic rings. The minimum absolute atomic E-state index is 0.183. The van der Waals surface area contributed by atoms with Crippen LogP contribution in [0.15, 0.2) is 53.5 Å². The van der Waals surface area contributed by atoms with E-state index in [0.717, 1.165) is 10.1 Å². The van der Waals surface area contributed by atoms with Gasteiger partial charge in [-0.3, -0.25) is 9.59 Å². The van der Waals surface area contributed by atoms with Crippen molar-refractivity contribution in [3.8, 4) is 0 Å². The Bertz CT molecular complexity index is 966. The SMILES string of the molecule is Cc1ccc(CNC(=O)Cn2ncc3ccccc3c2=O)cc1F. The highest BCUT2D eigenvalue weighted by Crippen LogP contribution is 2.09. The van der Waals surface area contributed by atoms with Crippen LogP contribution in [0.5, 0.6) is 0 Å². The summed E-state index contributed by atoms with van der Waals surface area (Å²) in [5, 5.41) is 7.92. The molecule has 0 aliphatic rings. The zero-order valence-electron chi connectivity index (χ0n) is 13.1. The molecule has 122 valence electrons. The van der Waals surface area contributed by atoms with Gasteiger partial charge in [0.15, 0.2) is 0 Å². The molecule has 5 nitrogen and oxygen atoms in total. The van der Waals surface area contributed by atoms with Crippen LogP contribution in [0.25, 0.3) is 10.8 Å². The summed E-state index contributed by atoms with van der Waals surface area (Å²) in [6.07, 6.45) is 1.55. The molecule has 6 heteroatoms. The van der Waals surface area contributed by atoms with E-state index in [1.54, 1.807) is 43.5 Å². The first-order chi connectivity index (χ1) is 11.5. The highest BCUT2D eigenvalue weighted by molar-refractivity contribution is 5.81. The van der Waals surface area contributed by atoms with Crippen molar-refractivity contribution in [2.24, 2.45) is 0 Å². The van der Waals surface area contributed by atoms with Gasteiger partial charge in [-0.05, 0) is 30.2 Å². The van der Waals surface area contributed by atoms with Gasteiger partial charge in [0.1, 0.15) is 12.4 Å². The lowest BCUT2D eigenvalue weighted by atomic mass is 10.1. The van der Waals surface area contributed by atoms with Crippen molar-refractivity contribution in [3.63, 3.8) is 0 Å². The molecule has 2 aromatic carbocycles. The van der Waals surface area contributed by atoms with Crippen LogP contribution in [0.2, 0.25) is 0 Å². The number of aryl methyl sites for hydroxylation is 1. The van der Waals surface area contributed by atoms with E-state index in [4.69, 9.17) is 0 Å². The molecule has 0 fully saturated rings. The topological polar surface area (TPSA) is 64.0 Å². The largest absolute Gasteiger partial charge is 0.350 e. The number of fused-ring (bicyclic) bond motifs is 1. The van der Waals surface area contributed by atoms with Gasteiger partial charge in [-0.1, -0.05) is 30.3 Å². The van der Waals surface area contributed by atoms with Gasteiger partial charge in [-0.2, -0.15) is 5.10 Å². The molecule has 1 N–H and O–H groups in total. The predicted octanol–water partition coefficient (Wildman–Crippen LogP) is 2.16. The van der Waals surface area contributed by atoms with Crippen LogP contribution in [0.1, 0.15) is 11.1 Å². The Kier molecular flexibility index (Phi) is 4.37. The molecule has 0 spiro atoms. The molecule has 0 radical (unpaired) electrons. The Morgan fingerprint density at radius 2 is 2.04 bits per heavy atom. The molecule has 0 saturated heterocycles. The molecule has 0 bridgehead atoms. The summed E-state index contributed by atoms with van der Waals surface area (Å²) in [7, 11) is 0. The quantitative estimate of drug-likeness (QED) is 0.799. The Labute approximate surface area is 137 Å². The fourth-order valence-electron chi connectivity index (χ4n) is 2.38. The summed E-state index contributed by atoms with van der Waals surface area (Å²) in [5.74, 6) is -0.671. The zero-order valence-corrected chi connectivity index (χ0v) is 13.1. The summed E-state index contributed by atoms with van der Waals surface area (Å²) in [6, 6.07) is 11.9. The summed E-state index contributed by atoms with van der Waals surface area (Å²) >= 11 is 0. The first kappa shape index (κ1) is 15.9. The van der Waals surface area contributed by atoms with E-state index in [1.807, 2.05) is 6.07 Å². The zero-order chi connectivity index (χ0) is 17.1. The van der Waals surface area contributed by atoms with Gasteiger partial charge in [-0.15, -0.1) is 0 Å². The van der Waals surface area contributed by atoms with Crippen LogP contribution in [0.4, 0.5) is 4.39 Å². The molecule has 1 amide bonds. The fraction of sp³-hybridized carbons (Fsp3) is 0.167. The number of nitrogens with zero attached hydrogens (tertiary/aromatic N) is 2. The first-order valence-electron chi connectivity index (χ1n) is 7.51. The van der Waals surface area contributed by atoms with Gasteiger partial charge >= 0.3 is 0 Å². The smallest absolute Gasteiger partial charge is 0.275 e. The maximum atomic E-state index is 13.5. The molecule has 24 heavy (non-hydrogen) atoms. The van der Waals surface area contributed by atoms with E-state index in [0.29, 0.717) is 16.5 Å². The van der Waals surface area contributed by atoms with Crippen LogP contribution in [0, 0.1) is 12.7 Å². The number of benzene rings is 2. The monoisotopic (exact) mass is 325 g/mol. The van der Waals surface area contributed by atoms with Crippen LogP contribution in [-0.2, 0) is 17.9 Å². The highest BCUT2D eigenvalue weighted by Gasteiger charge is 2.08. The number of halogens is 1. The highest BCUT2D eigenvalue weighted by atomic mass is 19.1.